The molecule has 1 radical (unpaired) electrons. The van der Waals surface area contributed by atoms with E-state index in [1.807, 2.05) is 23.0 Å². The zero-order valence-corrected chi connectivity index (χ0v) is 30.3. The Morgan fingerprint density at radius 2 is 1.96 bits per heavy atom. The topological polar surface area (TPSA) is 119 Å². The Hall–Kier alpha value is -3.76. The molecule has 1 N–H and O–H groups in total. The molecule has 253 valence electrons. The zero-order chi connectivity index (χ0) is 34.5. The van der Waals surface area contributed by atoms with Crippen molar-refractivity contribution in [2.45, 2.75) is 70.0 Å². The standard InChI is InChI=1S/C36H47BN5O5Si/c1-35(2,3)48(6,7)47-23-36(4)22-42(37-24-43)33-28(21-38)18-27(19-29(33)36)30-10-13-39-34(40-30)41-31-9-8-26(25-11-14-45-15-12-25)20-32(31)46-17-16-44-5/h8-10,13,18-20,24-25H,11-12,14-17,22-23H2,1-7H3,(H,39,40,41)/t36-/m1/s1. The minimum Gasteiger partial charge on any atom is -0.489 e. The molecular weight excluding hydrogens is 621 g/mol. The van der Waals surface area contributed by atoms with E-state index in [1.54, 1.807) is 13.3 Å². The van der Waals surface area contributed by atoms with Crippen LogP contribution >= 0.6 is 0 Å². The Labute approximate surface area is 286 Å². The highest BCUT2D eigenvalue weighted by Gasteiger charge is 2.44. The van der Waals surface area contributed by atoms with Crippen LogP contribution in [-0.4, -0.2) is 78.6 Å². The van der Waals surface area contributed by atoms with Crippen LogP contribution in [-0.2, 0) is 24.1 Å². The van der Waals surface area contributed by atoms with Gasteiger partial charge in [-0.2, -0.15) is 5.26 Å². The first-order valence-electron chi connectivity index (χ1n) is 16.6. The van der Waals surface area contributed by atoms with E-state index in [4.69, 9.17) is 23.6 Å². The summed E-state index contributed by atoms with van der Waals surface area (Å²) in [7, 11) is 1.09. The molecule has 1 atom stereocenters. The lowest BCUT2D eigenvalue weighted by Gasteiger charge is -2.39. The van der Waals surface area contributed by atoms with Gasteiger partial charge in [-0.25, -0.2) is 9.97 Å². The van der Waals surface area contributed by atoms with Gasteiger partial charge >= 0.3 is 7.41 Å². The number of nitrogens with one attached hydrogen (secondary N) is 1. The third kappa shape index (κ3) is 7.76. The normalized spacial score (nSPS) is 18.2. The van der Waals surface area contributed by atoms with Gasteiger partial charge in [0.1, 0.15) is 24.6 Å². The number of anilines is 3. The van der Waals surface area contributed by atoms with E-state index < -0.39 is 13.7 Å². The Balaban J connectivity index is 1.48. The second-order valence-corrected chi connectivity index (χ2v) is 19.2. The fourth-order valence-corrected chi connectivity index (χ4v) is 7.15. The number of fused-ring (bicyclic) bond motifs is 1. The summed E-state index contributed by atoms with van der Waals surface area (Å²) < 4.78 is 23.7. The summed E-state index contributed by atoms with van der Waals surface area (Å²) in [6, 6.07) is 14.4. The summed E-state index contributed by atoms with van der Waals surface area (Å²) in [6.45, 7) is 16.7. The van der Waals surface area contributed by atoms with Crippen LogP contribution in [0.3, 0.4) is 0 Å². The minimum absolute atomic E-state index is 0.0449. The van der Waals surface area contributed by atoms with Gasteiger partial charge in [0.15, 0.2) is 8.32 Å². The predicted octanol–water partition coefficient (Wildman–Crippen LogP) is 6.59. The minimum atomic E-state index is -2.07. The van der Waals surface area contributed by atoms with Gasteiger partial charge < -0.3 is 33.6 Å². The number of methoxy groups -OCH3 is 1. The fraction of sp³-hybridized carbons (Fsp3) is 0.500. The monoisotopic (exact) mass is 668 g/mol. The molecule has 0 bridgehead atoms. The van der Waals surface area contributed by atoms with Crippen LogP contribution in [0.25, 0.3) is 11.3 Å². The van der Waals surface area contributed by atoms with Crippen molar-refractivity contribution in [3.8, 4) is 23.1 Å². The number of hydrogen-bond donors (Lipinski definition) is 1. The summed E-state index contributed by atoms with van der Waals surface area (Å²) >= 11 is 0. The van der Waals surface area contributed by atoms with E-state index in [2.05, 4.69) is 75.4 Å². The molecule has 2 aliphatic rings. The molecule has 2 aromatic carbocycles. The molecule has 0 spiro atoms. The van der Waals surface area contributed by atoms with Crippen molar-refractivity contribution in [1.29, 1.82) is 5.26 Å². The van der Waals surface area contributed by atoms with Crippen LogP contribution in [0.15, 0.2) is 42.6 Å². The highest BCUT2D eigenvalue weighted by atomic mass is 28.4. The number of carbonyl (C=O) groups is 1. The van der Waals surface area contributed by atoms with Crippen molar-refractivity contribution < 1.29 is 23.4 Å². The first-order valence-corrected chi connectivity index (χ1v) is 19.5. The van der Waals surface area contributed by atoms with E-state index in [9.17, 15) is 10.1 Å². The van der Waals surface area contributed by atoms with E-state index in [0.717, 1.165) is 54.7 Å². The van der Waals surface area contributed by atoms with Crippen molar-refractivity contribution in [2.24, 2.45) is 0 Å². The Morgan fingerprint density at radius 3 is 2.65 bits per heavy atom. The predicted molar refractivity (Wildman–Crippen MR) is 192 cm³/mol. The summed E-state index contributed by atoms with van der Waals surface area (Å²) in [5, 5.41) is 13.7. The van der Waals surface area contributed by atoms with Gasteiger partial charge in [-0.05, 0) is 78.4 Å². The molecule has 0 aliphatic carbocycles. The quantitative estimate of drug-likeness (QED) is 0.121. The maximum absolute atomic E-state index is 11.7. The largest absolute Gasteiger partial charge is 0.489 e. The lowest BCUT2D eigenvalue weighted by molar-refractivity contribution is 0.0852. The molecule has 0 unspecified atom stereocenters. The average molecular weight is 669 g/mol. The molecule has 5 rings (SSSR count). The number of ether oxygens (including phenoxy) is 3. The molecule has 10 nitrogen and oxygen atoms in total. The van der Waals surface area contributed by atoms with E-state index >= 15 is 0 Å². The van der Waals surface area contributed by atoms with E-state index in [1.165, 1.54) is 13.0 Å². The van der Waals surface area contributed by atoms with Gasteiger partial charge in [-0.15, -0.1) is 0 Å². The van der Waals surface area contributed by atoms with Crippen molar-refractivity contribution in [1.82, 2.24) is 9.97 Å². The van der Waals surface area contributed by atoms with Gasteiger partial charge in [0.2, 0.25) is 5.95 Å². The SMILES string of the molecule is COCCOc1cc(C2CCOCC2)ccc1Nc1nccc(-c2cc(C#N)c3c(c2)[C@@](C)(CO[Si](C)(C)C(C)(C)C)CN3[B]C=O)n1. The van der Waals surface area contributed by atoms with Gasteiger partial charge in [0, 0.05) is 56.3 Å². The second-order valence-electron chi connectivity index (χ2n) is 14.4. The number of carbonyl (C=O) groups excluding carboxylic acids is 1. The Morgan fingerprint density at radius 1 is 1.19 bits per heavy atom. The van der Waals surface area contributed by atoms with Gasteiger partial charge in [0.25, 0.3) is 0 Å². The smallest absolute Gasteiger partial charge is 0.329 e. The summed E-state index contributed by atoms with van der Waals surface area (Å²) in [4.78, 5) is 22.9. The third-order valence-corrected chi connectivity index (χ3v) is 14.4. The summed E-state index contributed by atoms with van der Waals surface area (Å²) in [5.74, 6) is 1.53. The highest BCUT2D eigenvalue weighted by molar-refractivity contribution is 6.74. The highest BCUT2D eigenvalue weighted by Crippen LogP contribution is 2.46. The zero-order valence-electron chi connectivity index (χ0n) is 29.3. The lowest BCUT2D eigenvalue weighted by atomic mass is 9.83. The van der Waals surface area contributed by atoms with Crippen LogP contribution in [0.5, 0.6) is 5.75 Å². The van der Waals surface area contributed by atoms with Crippen LogP contribution < -0.4 is 14.9 Å². The van der Waals surface area contributed by atoms with Crippen LogP contribution in [0, 0.1) is 11.3 Å². The molecular formula is C36H47BN5O5Si. The van der Waals surface area contributed by atoms with Crippen LogP contribution in [0.1, 0.15) is 63.1 Å². The fourth-order valence-electron chi connectivity index (χ4n) is 6.04. The third-order valence-electron chi connectivity index (χ3n) is 9.93. The van der Waals surface area contributed by atoms with Crippen LogP contribution in [0.4, 0.5) is 17.3 Å². The van der Waals surface area contributed by atoms with Crippen molar-refractivity contribution >= 4 is 39.2 Å². The molecule has 2 aliphatic heterocycles. The maximum atomic E-state index is 11.7. The molecule has 48 heavy (non-hydrogen) atoms. The molecule has 3 aromatic rings. The number of benzene rings is 2. The van der Waals surface area contributed by atoms with Gasteiger partial charge in [0.05, 0.1) is 23.6 Å². The maximum Gasteiger partial charge on any atom is 0.329 e. The number of nitrogens with zero attached hydrogens (tertiary/aromatic N) is 4. The Bertz CT molecular complexity index is 1650. The molecule has 0 saturated carbocycles. The number of hydrogen-bond acceptors (Lipinski definition) is 10. The summed E-state index contributed by atoms with van der Waals surface area (Å²) in [5.41, 5.74) is 5.13. The Kier molecular flexibility index (Phi) is 10.9. The average Bonchev–Trinajstić information content (AvgIpc) is 3.35. The second kappa shape index (κ2) is 14.8. The van der Waals surface area contributed by atoms with E-state index in [-0.39, 0.29) is 5.04 Å². The van der Waals surface area contributed by atoms with Gasteiger partial charge in [-0.1, -0.05) is 33.8 Å². The first kappa shape index (κ1) is 35.5. The van der Waals surface area contributed by atoms with E-state index in [0.29, 0.717) is 55.2 Å². The molecule has 1 aromatic heterocycles. The molecule has 12 heteroatoms. The van der Waals surface area contributed by atoms with Crippen molar-refractivity contribution in [2.75, 3.05) is 56.8 Å². The molecule has 3 heterocycles. The molecule has 1 saturated heterocycles. The number of aromatic nitrogens is 2. The number of rotatable bonds is 13. The number of nitriles is 1. The lowest BCUT2D eigenvalue weighted by Crippen LogP contribution is -2.46. The van der Waals surface area contributed by atoms with Crippen molar-refractivity contribution in [3.05, 3.63) is 59.3 Å². The van der Waals surface area contributed by atoms with Crippen molar-refractivity contribution in [3.63, 3.8) is 0 Å². The van der Waals surface area contributed by atoms with Crippen LogP contribution in [0.2, 0.25) is 18.1 Å². The molecule has 0 amide bonds. The molecule has 1 fully saturated rings. The van der Waals surface area contributed by atoms with Gasteiger partial charge in [-0.3, -0.25) is 0 Å². The summed E-state index contributed by atoms with van der Waals surface area (Å²) in [6.07, 6.45) is 4.43. The first-order chi connectivity index (χ1) is 22.9.